The SMILES string of the molecule is CC(C)N(C(=O)[C@@H](C)OC(=O)c1nc(Cl)c(Cl)c(N)c1Cl)C(C)C. The van der Waals surface area contributed by atoms with Crippen LogP contribution in [0.15, 0.2) is 0 Å². The molecule has 24 heavy (non-hydrogen) atoms. The van der Waals surface area contributed by atoms with Crippen LogP contribution >= 0.6 is 34.8 Å². The molecular weight excluding hydrogens is 377 g/mol. The Balaban J connectivity index is 3.02. The molecule has 0 aliphatic carbocycles. The zero-order chi connectivity index (χ0) is 18.8. The minimum atomic E-state index is -1.02. The highest BCUT2D eigenvalue weighted by atomic mass is 35.5. The molecule has 134 valence electrons. The van der Waals surface area contributed by atoms with Crippen LogP contribution in [0.25, 0.3) is 0 Å². The van der Waals surface area contributed by atoms with Crippen molar-refractivity contribution in [1.29, 1.82) is 0 Å². The van der Waals surface area contributed by atoms with Crippen LogP contribution in [0.1, 0.15) is 45.1 Å². The molecule has 1 heterocycles. The molecule has 1 atom stereocenters. The van der Waals surface area contributed by atoms with E-state index in [1.54, 1.807) is 4.90 Å². The van der Waals surface area contributed by atoms with Gasteiger partial charge in [-0.15, -0.1) is 0 Å². The maximum atomic E-state index is 12.5. The van der Waals surface area contributed by atoms with E-state index in [9.17, 15) is 9.59 Å². The summed E-state index contributed by atoms with van der Waals surface area (Å²) in [5.41, 5.74) is 5.31. The Labute approximate surface area is 156 Å². The molecular formula is C15H20Cl3N3O3. The minimum absolute atomic E-state index is 0.0408. The zero-order valence-corrected chi connectivity index (χ0v) is 16.3. The lowest BCUT2D eigenvalue weighted by Crippen LogP contribution is -2.47. The summed E-state index contributed by atoms with van der Waals surface area (Å²) in [5, 5.41) is -0.387. The van der Waals surface area contributed by atoms with Crippen molar-refractivity contribution < 1.29 is 14.3 Å². The van der Waals surface area contributed by atoms with Crippen molar-refractivity contribution in [1.82, 2.24) is 9.88 Å². The van der Waals surface area contributed by atoms with Crippen molar-refractivity contribution in [2.45, 2.75) is 52.8 Å². The molecule has 6 nitrogen and oxygen atoms in total. The first-order valence-electron chi connectivity index (χ1n) is 7.32. The van der Waals surface area contributed by atoms with Crippen LogP contribution in [0.5, 0.6) is 0 Å². The fraction of sp³-hybridized carbons (Fsp3) is 0.533. The number of nitrogen functional groups attached to an aromatic ring is 1. The second-order valence-corrected chi connectivity index (χ2v) is 6.89. The number of amides is 1. The van der Waals surface area contributed by atoms with E-state index in [2.05, 4.69) is 4.98 Å². The number of ether oxygens (including phenoxy) is 1. The van der Waals surface area contributed by atoms with E-state index in [-0.39, 0.29) is 44.6 Å². The molecule has 0 spiro atoms. The zero-order valence-electron chi connectivity index (χ0n) is 14.1. The van der Waals surface area contributed by atoms with Crippen LogP contribution in [-0.2, 0) is 9.53 Å². The van der Waals surface area contributed by atoms with Gasteiger partial charge < -0.3 is 15.4 Å². The quantitative estimate of drug-likeness (QED) is 0.604. The van der Waals surface area contributed by atoms with Crippen LogP contribution in [0, 0.1) is 0 Å². The summed E-state index contributed by atoms with van der Waals surface area (Å²) >= 11 is 17.6. The summed E-state index contributed by atoms with van der Waals surface area (Å²) in [6.45, 7) is 9.00. The Hall–Kier alpha value is -1.24. The maximum absolute atomic E-state index is 12.5. The number of hydrogen-bond acceptors (Lipinski definition) is 5. The lowest BCUT2D eigenvalue weighted by atomic mass is 10.2. The number of halogens is 3. The molecule has 1 rings (SSSR count). The number of nitrogens with two attached hydrogens (primary N) is 1. The normalized spacial score (nSPS) is 12.4. The van der Waals surface area contributed by atoms with Crippen molar-refractivity contribution in [3.63, 3.8) is 0 Å². The molecule has 0 radical (unpaired) electrons. The third-order valence-electron chi connectivity index (χ3n) is 3.26. The highest BCUT2D eigenvalue weighted by Crippen LogP contribution is 2.34. The van der Waals surface area contributed by atoms with Crippen molar-refractivity contribution in [2.24, 2.45) is 0 Å². The molecule has 0 bridgehead atoms. The fourth-order valence-electron chi connectivity index (χ4n) is 2.25. The fourth-order valence-corrected chi connectivity index (χ4v) is 2.83. The first-order valence-corrected chi connectivity index (χ1v) is 8.45. The van der Waals surface area contributed by atoms with Crippen LogP contribution in [0.2, 0.25) is 15.2 Å². The first kappa shape index (κ1) is 20.8. The Bertz CT molecular complexity index is 643. The van der Waals surface area contributed by atoms with E-state index in [1.165, 1.54) is 6.92 Å². The second kappa shape index (κ2) is 8.23. The van der Waals surface area contributed by atoms with Gasteiger partial charge >= 0.3 is 5.97 Å². The number of pyridine rings is 1. The van der Waals surface area contributed by atoms with Crippen molar-refractivity contribution in [2.75, 3.05) is 5.73 Å². The van der Waals surface area contributed by atoms with Crippen molar-refractivity contribution in [3.05, 3.63) is 20.9 Å². The molecule has 0 unspecified atom stereocenters. The predicted molar refractivity (Wildman–Crippen MR) is 95.7 cm³/mol. The summed E-state index contributed by atoms with van der Waals surface area (Å²) in [4.78, 5) is 30.2. The highest BCUT2D eigenvalue weighted by Gasteiger charge is 2.29. The largest absolute Gasteiger partial charge is 0.448 e. The Morgan fingerprint density at radius 3 is 2.00 bits per heavy atom. The van der Waals surface area contributed by atoms with E-state index in [0.717, 1.165) is 0 Å². The number of hydrogen-bond donors (Lipinski definition) is 1. The number of anilines is 1. The van der Waals surface area contributed by atoms with Gasteiger partial charge in [0.1, 0.15) is 5.02 Å². The molecule has 0 aromatic carbocycles. The molecule has 0 aliphatic heterocycles. The molecule has 0 aliphatic rings. The minimum Gasteiger partial charge on any atom is -0.448 e. The van der Waals surface area contributed by atoms with E-state index < -0.39 is 12.1 Å². The molecule has 0 fully saturated rings. The van der Waals surface area contributed by atoms with Crippen molar-refractivity contribution in [3.8, 4) is 0 Å². The van der Waals surface area contributed by atoms with E-state index in [4.69, 9.17) is 45.3 Å². The van der Waals surface area contributed by atoms with Gasteiger partial charge in [0.05, 0.1) is 10.7 Å². The van der Waals surface area contributed by atoms with Gasteiger partial charge in [0.25, 0.3) is 5.91 Å². The number of carbonyl (C=O) groups excluding carboxylic acids is 2. The number of rotatable bonds is 5. The number of nitrogens with zero attached hydrogens (tertiary/aromatic N) is 2. The Morgan fingerprint density at radius 2 is 1.54 bits per heavy atom. The standard InChI is InChI=1S/C15H20Cl3N3O3/c1-6(2)21(7(3)4)14(22)8(5)24-15(23)12-9(16)11(19)10(17)13(18)20-12/h6-8H,1-5H3,(H2,19,20)/t8-/m1/s1. The molecule has 1 amide bonds. The first-order chi connectivity index (χ1) is 11.0. The van der Waals surface area contributed by atoms with Gasteiger partial charge in [-0.1, -0.05) is 34.8 Å². The maximum Gasteiger partial charge on any atom is 0.359 e. The van der Waals surface area contributed by atoms with Gasteiger partial charge in [-0.2, -0.15) is 0 Å². The van der Waals surface area contributed by atoms with Gasteiger partial charge in [0.2, 0.25) is 0 Å². The molecule has 9 heteroatoms. The van der Waals surface area contributed by atoms with Gasteiger partial charge in [-0.3, -0.25) is 4.79 Å². The lowest BCUT2D eigenvalue weighted by molar-refractivity contribution is -0.143. The summed E-state index contributed by atoms with van der Waals surface area (Å²) in [6.07, 6.45) is -1.02. The average Bonchev–Trinajstić information content (AvgIpc) is 2.47. The van der Waals surface area contributed by atoms with Gasteiger partial charge in [0, 0.05) is 12.1 Å². The monoisotopic (exact) mass is 395 g/mol. The molecule has 0 saturated carbocycles. The summed E-state index contributed by atoms with van der Waals surface area (Å²) in [5.74, 6) is -1.23. The van der Waals surface area contributed by atoms with E-state index >= 15 is 0 Å². The molecule has 1 aromatic rings. The van der Waals surface area contributed by atoms with Gasteiger partial charge in [-0.05, 0) is 34.6 Å². The lowest BCUT2D eigenvalue weighted by Gasteiger charge is -2.32. The van der Waals surface area contributed by atoms with Gasteiger partial charge in [-0.25, -0.2) is 9.78 Å². The van der Waals surface area contributed by atoms with Crippen LogP contribution < -0.4 is 5.73 Å². The summed E-state index contributed by atoms with van der Waals surface area (Å²) in [6, 6.07) is -0.0815. The van der Waals surface area contributed by atoms with Crippen molar-refractivity contribution >= 4 is 52.4 Å². The second-order valence-electron chi connectivity index (χ2n) is 5.77. The van der Waals surface area contributed by atoms with E-state index in [1.807, 2.05) is 27.7 Å². The third-order valence-corrected chi connectivity index (χ3v) is 4.40. The summed E-state index contributed by atoms with van der Waals surface area (Å²) in [7, 11) is 0. The number of aromatic nitrogens is 1. The van der Waals surface area contributed by atoms with Crippen LogP contribution in [0.3, 0.4) is 0 Å². The number of esters is 1. The molecule has 0 saturated heterocycles. The highest BCUT2D eigenvalue weighted by molar-refractivity contribution is 6.46. The Morgan fingerprint density at radius 1 is 1.04 bits per heavy atom. The molecule has 1 aromatic heterocycles. The summed E-state index contributed by atoms with van der Waals surface area (Å²) < 4.78 is 5.18. The van der Waals surface area contributed by atoms with E-state index in [0.29, 0.717) is 0 Å². The number of carbonyl (C=O) groups is 2. The molecule has 2 N–H and O–H groups in total. The predicted octanol–water partition coefficient (Wildman–Crippen LogP) is 3.81. The van der Waals surface area contributed by atoms with Crippen LogP contribution in [-0.4, -0.2) is 39.9 Å². The average molecular weight is 397 g/mol. The smallest absolute Gasteiger partial charge is 0.359 e. The Kier molecular flexibility index (Phi) is 7.13. The van der Waals surface area contributed by atoms with Gasteiger partial charge in [0.15, 0.2) is 17.0 Å². The third kappa shape index (κ3) is 4.43. The van der Waals surface area contributed by atoms with Crippen LogP contribution in [0.4, 0.5) is 5.69 Å². The topological polar surface area (TPSA) is 85.5 Å².